The lowest BCUT2D eigenvalue weighted by molar-refractivity contribution is 0.543. The van der Waals surface area contributed by atoms with Crippen LogP contribution in [0.3, 0.4) is 0 Å². The van der Waals surface area contributed by atoms with Crippen LogP contribution in [0.2, 0.25) is 0 Å². The van der Waals surface area contributed by atoms with Crippen LogP contribution in [0.15, 0.2) is 60.8 Å². The molecule has 3 aromatic rings. The molecule has 1 fully saturated rings. The number of benzene rings is 1. The van der Waals surface area contributed by atoms with Crippen molar-refractivity contribution in [2.75, 3.05) is 29.4 Å². The average Bonchev–Trinajstić information content (AvgIpc) is 2.62. The third-order valence-electron chi connectivity index (χ3n) is 4.48. The van der Waals surface area contributed by atoms with E-state index in [2.05, 4.69) is 58.1 Å². The number of rotatable bonds is 2. The Bertz CT molecular complexity index is 803. The van der Waals surface area contributed by atoms with Crippen LogP contribution >= 0.6 is 0 Å². The highest BCUT2D eigenvalue weighted by molar-refractivity contribution is 5.80. The van der Waals surface area contributed by atoms with Crippen molar-refractivity contribution in [3.8, 4) is 0 Å². The van der Waals surface area contributed by atoms with Crippen LogP contribution in [-0.2, 0) is 0 Å². The monoisotopic (exact) mass is 304 g/mol. The summed E-state index contributed by atoms with van der Waals surface area (Å²) in [6, 6.07) is 19.1. The highest BCUT2D eigenvalue weighted by Crippen LogP contribution is 2.23. The number of pyridine rings is 2. The zero-order valence-corrected chi connectivity index (χ0v) is 13.3. The summed E-state index contributed by atoms with van der Waals surface area (Å²) >= 11 is 0. The minimum atomic E-state index is 0.402. The number of anilines is 2. The molecule has 4 heteroatoms. The zero-order chi connectivity index (χ0) is 15.6. The highest BCUT2D eigenvalue weighted by Gasteiger charge is 2.25. The van der Waals surface area contributed by atoms with E-state index in [4.69, 9.17) is 4.98 Å². The first-order chi connectivity index (χ1) is 11.3. The molecule has 3 heterocycles. The fourth-order valence-electron chi connectivity index (χ4n) is 3.26. The molecule has 0 bridgehead atoms. The molecule has 4 rings (SSSR count). The third kappa shape index (κ3) is 2.72. The molecule has 23 heavy (non-hydrogen) atoms. The molecule has 4 nitrogen and oxygen atoms in total. The van der Waals surface area contributed by atoms with E-state index in [0.717, 1.165) is 36.8 Å². The molecule has 1 aliphatic heterocycles. The van der Waals surface area contributed by atoms with Gasteiger partial charge in [-0.25, -0.2) is 9.97 Å². The predicted octanol–water partition coefficient (Wildman–Crippen LogP) is 3.34. The SMILES string of the molecule is CC1CN(c2ccccn2)CCN1c1ccc2ccccc2n1. The molecule has 0 spiro atoms. The molecule has 1 atom stereocenters. The lowest BCUT2D eigenvalue weighted by Gasteiger charge is -2.41. The molecule has 2 aromatic heterocycles. The van der Waals surface area contributed by atoms with Crippen molar-refractivity contribution in [2.24, 2.45) is 0 Å². The van der Waals surface area contributed by atoms with Crippen LogP contribution in [0, 0.1) is 0 Å². The first-order valence-corrected chi connectivity index (χ1v) is 8.10. The van der Waals surface area contributed by atoms with Crippen molar-refractivity contribution in [3.05, 3.63) is 60.8 Å². The molecule has 1 unspecified atom stereocenters. The lowest BCUT2D eigenvalue weighted by Crippen LogP contribution is -2.52. The number of para-hydroxylation sites is 1. The van der Waals surface area contributed by atoms with Gasteiger partial charge in [-0.1, -0.05) is 24.3 Å². The Labute approximate surface area is 136 Å². The maximum Gasteiger partial charge on any atom is 0.129 e. The zero-order valence-electron chi connectivity index (χ0n) is 13.3. The summed E-state index contributed by atoms with van der Waals surface area (Å²) in [7, 11) is 0. The Morgan fingerprint density at radius 1 is 0.913 bits per heavy atom. The van der Waals surface area contributed by atoms with Crippen LogP contribution < -0.4 is 9.80 Å². The summed E-state index contributed by atoms with van der Waals surface area (Å²) in [5.41, 5.74) is 1.06. The molecule has 1 aromatic carbocycles. The van der Waals surface area contributed by atoms with Gasteiger partial charge in [0.05, 0.1) is 5.52 Å². The first kappa shape index (κ1) is 14.0. The van der Waals surface area contributed by atoms with E-state index in [-0.39, 0.29) is 0 Å². The van der Waals surface area contributed by atoms with Crippen LogP contribution in [0.25, 0.3) is 10.9 Å². The maximum atomic E-state index is 4.84. The summed E-state index contributed by atoms with van der Waals surface area (Å²) in [4.78, 5) is 14.1. The van der Waals surface area contributed by atoms with Crippen molar-refractivity contribution in [3.63, 3.8) is 0 Å². The minimum Gasteiger partial charge on any atom is -0.353 e. The topological polar surface area (TPSA) is 32.3 Å². The van der Waals surface area contributed by atoms with Crippen molar-refractivity contribution >= 4 is 22.5 Å². The summed E-state index contributed by atoms with van der Waals surface area (Å²) in [6.07, 6.45) is 1.86. The van der Waals surface area contributed by atoms with Gasteiger partial charge < -0.3 is 9.80 Å². The van der Waals surface area contributed by atoms with E-state index in [0.29, 0.717) is 6.04 Å². The Balaban J connectivity index is 1.56. The molecule has 0 aliphatic carbocycles. The fourth-order valence-corrected chi connectivity index (χ4v) is 3.26. The molecule has 0 N–H and O–H groups in total. The van der Waals surface area contributed by atoms with Crippen molar-refractivity contribution in [1.82, 2.24) is 9.97 Å². The fraction of sp³-hybridized carbons (Fsp3) is 0.263. The second-order valence-electron chi connectivity index (χ2n) is 6.04. The summed E-state index contributed by atoms with van der Waals surface area (Å²) < 4.78 is 0. The van der Waals surface area contributed by atoms with Gasteiger partial charge in [-0.2, -0.15) is 0 Å². The summed E-state index contributed by atoms with van der Waals surface area (Å²) in [5.74, 6) is 2.13. The quantitative estimate of drug-likeness (QED) is 0.727. The number of hydrogen-bond acceptors (Lipinski definition) is 4. The van der Waals surface area contributed by atoms with Gasteiger partial charge in [0.15, 0.2) is 0 Å². The molecule has 0 amide bonds. The largest absolute Gasteiger partial charge is 0.353 e. The molecule has 1 saturated heterocycles. The van der Waals surface area contributed by atoms with Crippen molar-refractivity contribution in [1.29, 1.82) is 0 Å². The number of aromatic nitrogens is 2. The van der Waals surface area contributed by atoms with Crippen LogP contribution in [0.5, 0.6) is 0 Å². The van der Waals surface area contributed by atoms with E-state index in [1.807, 2.05) is 24.4 Å². The Hall–Kier alpha value is -2.62. The van der Waals surface area contributed by atoms with Gasteiger partial charge in [0.25, 0.3) is 0 Å². The van der Waals surface area contributed by atoms with Gasteiger partial charge in [0.2, 0.25) is 0 Å². The lowest BCUT2D eigenvalue weighted by atomic mass is 10.1. The predicted molar refractivity (Wildman–Crippen MR) is 95.0 cm³/mol. The van der Waals surface area contributed by atoms with Crippen molar-refractivity contribution in [2.45, 2.75) is 13.0 Å². The highest BCUT2D eigenvalue weighted by atomic mass is 15.3. The molecular weight excluding hydrogens is 284 g/mol. The summed E-state index contributed by atoms with van der Waals surface area (Å²) in [6.45, 7) is 5.15. The number of fused-ring (bicyclic) bond motifs is 1. The molecule has 0 radical (unpaired) electrons. The van der Waals surface area contributed by atoms with Gasteiger partial charge >= 0.3 is 0 Å². The molecule has 0 saturated carbocycles. The minimum absolute atomic E-state index is 0.402. The molecule has 116 valence electrons. The Morgan fingerprint density at radius 3 is 2.61 bits per heavy atom. The standard InChI is InChI=1S/C19H20N4/c1-15-14-22(18-8-4-5-11-20-18)12-13-23(15)19-10-9-16-6-2-3-7-17(16)21-19/h2-11,15H,12-14H2,1H3. The second kappa shape index (κ2) is 5.88. The normalized spacial score (nSPS) is 18.4. The third-order valence-corrected chi connectivity index (χ3v) is 4.48. The average molecular weight is 304 g/mol. The van der Waals surface area contributed by atoms with Gasteiger partial charge in [0, 0.05) is 37.3 Å². The van der Waals surface area contributed by atoms with Gasteiger partial charge in [-0.3, -0.25) is 0 Å². The van der Waals surface area contributed by atoms with E-state index >= 15 is 0 Å². The van der Waals surface area contributed by atoms with Crippen LogP contribution in [-0.4, -0.2) is 35.6 Å². The van der Waals surface area contributed by atoms with E-state index in [1.54, 1.807) is 0 Å². The number of hydrogen-bond donors (Lipinski definition) is 0. The maximum absolute atomic E-state index is 4.84. The van der Waals surface area contributed by atoms with Gasteiger partial charge in [-0.05, 0) is 37.3 Å². The molecular formula is C19H20N4. The van der Waals surface area contributed by atoms with Gasteiger partial charge in [0.1, 0.15) is 11.6 Å². The van der Waals surface area contributed by atoms with E-state index < -0.39 is 0 Å². The number of nitrogens with zero attached hydrogens (tertiary/aromatic N) is 4. The smallest absolute Gasteiger partial charge is 0.129 e. The number of piperazine rings is 1. The van der Waals surface area contributed by atoms with Crippen molar-refractivity contribution < 1.29 is 0 Å². The first-order valence-electron chi connectivity index (χ1n) is 8.10. The van der Waals surface area contributed by atoms with Crippen LogP contribution in [0.1, 0.15) is 6.92 Å². The van der Waals surface area contributed by atoms with Crippen LogP contribution in [0.4, 0.5) is 11.6 Å². The Morgan fingerprint density at radius 2 is 1.78 bits per heavy atom. The summed E-state index contributed by atoms with van der Waals surface area (Å²) in [5, 5.41) is 1.19. The second-order valence-corrected chi connectivity index (χ2v) is 6.04. The van der Waals surface area contributed by atoms with Gasteiger partial charge in [-0.15, -0.1) is 0 Å². The van der Waals surface area contributed by atoms with E-state index in [1.165, 1.54) is 5.39 Å². The molecule has 1 aliphatic rings. The Kier molecular flexibility index (Phi) is 3.58. The van der Waals surface area contributed by atoms with E-state index in [9.17, 15) is 0 Å².